The van der Waals surface area contributed by atoms with Crippen LogP contribution in [0.1, 0.15) is 6.92 Å². The SMILES string of the molecule is CCOc1coc(N)n1. The van der Waals surface area contributed by atoms with Gasteiger partial charge < -0.3 is 14.9 Å². The van der Waals surface area contributed by atoms with E-state index in [-0.39, 0.29) is 6.01 Å². The first kappa shape index (κ1) is 5.94. The summed E-state index contributed by atoms with van der Waals surface area (Å²) in [6.07, 6.45) is 1.37. The molecule has 9 heavy (non-hydrogen) atoms. The van der Waals surface area contributed by atoms with Gasteiger partial charge >= 0.3 is 0 Å². The quantitative estimate of drug-likeness (QED) is 0.635. The molecule has 1 heterocycles. The smallest absolute Gasteiger partial charge is 0.295 e. The highest BCUT2D eigenvalue weighted by Crippen LogP contribution is 2.09. The highest BCUT2D eigenvalue weighted by molar-refractivity contribution is 5.16. The van der Waals surface area contributed by atoms with Crippen LogP contribution in [0, 0.1) is 0 Å². The second-order valence-corrected chi connectivity index (χ2v) is 1.46. The summed E-state index contributed by atoms with van der Waals surface area (Å²) in [5.41, 5.74) is 5.15. The van der Waals surface area contributed by atoms with Gasteiger partial charge in [0.1, 0.15) is 0 Å². The van der Waals surface area contributed by atoms with Gasteiger partial charge in [-0.1, -0.05) is 0 Å². The van der Waals surface area contributed by atoms with E-state index in [0.29, 0.717) is 12.5 Å². The molecule has 2 N–H and O–H groups in total. The highest BCUT2D eigenvalue weighted by atomic mass is 16.5. The van der Waals surface area contributed by atoms with Crippen molar-refractivity contribution in [3.63, 3.8) is 0 Å². The number of rotatable bonds is 2. The first-order chi connectivity index (χ1) is 4.33. The molecule has 0 aliphatic heterocycles. The van der Waals surface area contributed by atoms with Gasteiger partial charge in [-0.3, -0.25) is 0 Å². The minimum absolute atomic E-state index is 0.137. The van der Waals surface area contributed by atoms with Crippen LogP contribution in [0.4, 0.5) is 6.01 Å². The van der Waals surface area contributed by atoms with Crippen molar-refractivity contribution in [3.05, 3.63) is 6.26 Å². The van der Waals surface area contributed by atoms with Crippen LogP contribution in [0.15, 0.2) is 10.7 Å². The van der Waals surface area contributed by atoms with E-state index in [4.69, 9.17) is 10.5 Å². The lowest BCUT2D eigenvalue weighted by atomic mass is 10.8. The van der Waals surface area contributed by atoms with Crippen molar-refractivity contribution < 1.29 is 9.15 Å². The maximum absolute atomic E-state index is 5.15. The van der Waals surface area contributed by atoms with E-state index in [1.54, 1.807) is 0 Å². The zero-order valence-corrected chi connectivity index (χ0v) is 5.13. The van der Waals surface area contributed by atoms with E-state index in [2.05, 4.69) is 9.40 Å². The van der Waals surface area contributed by atoms with Crippen LogP contribution in [0.25, 0.3) is 0 Å². The van der Waals surface area contributed by atoms with Crippen molar-refractivity contribution in [2.75, 3.05) is 12.3 Å². The Morgan fingerprint density at radius 1 is 1.89 bits per heavy atom. The Morgan fingerprint density at radius 2 is 2.67 bits per heavy atom. The molecule has 0 aliphatic rings. The van der Waals surface area contributed by atoms with E-state index >= 15 is 0 Å². The maximum Gasteiger partial charge on any atom is 0.295 e. The minimum Gasteiger partial charge on any atom is -0.476 e. The molecule has 0 saturated heterocycles. The largest absolute Gasteiger partial charge is 0.476 e. The summed E-state index contributed by atoms with van der Waals surface area (Å²) in [5.74, 6) is 0.440. The van der Waals surface area contributed by atoms with Gasteiger partial charge in [-0.15, -0.1) is 0 Å². The number of nitrogens with zero attached hydrogens (tertiary/aromatic N) is 1. The summed E-state index contributed by atoms with van der Waals surface area (Å²) in [6, 6.07) is 0.137. The van der Waals surface area contributed by atoms with Crippen molar-refractivity contribution >= 4 is 6.01 Å². The number of anilines is 1. The van der Waals surface area contributed by atoms with Crippen molar-refractivity contribution in [1.82, 2.24) is 4.98 Å². The third kappa shape index (κ3) is 1.35. The van der Waals surface area contributed by atoms with Crippen molar-refractivity contribution in [3.8, 4) is 5.88 Å². The van der Waals surface area contributed by atoms with Gasteiger partial charge in [0.15, 0.2) is 6.26 Å². The number of nitrogens with two attached hydrogens (primary N) is 1. The number of nitrogen functional groups attached to an aromatic ring is 1. The number of oxazole rings is 1. The van der Waals surface area contributed by atoms with Crippen LogP contribution in [0.2, 0.25) is 0 Å². The van der Waals surface area contributed by atoms with Crippen LogP contribution >= 0.6 is 0 Å². The minimum atomic E-state index is 0.137. The summed E-state index contributed by atoms with van der Waals surface area (Å²) in [5, 5.41) is 0. The van der Waals surface area contributed by atoms with Crippen molar-refractivity contribution in [1.29, 1.82) is 0 Å². The molecule has 0 unspecified atom stereocenters. The Kier molecular flexibility index (Phi) is 1.58. The first-order valence-electron chi connectivity index (χ1n) is 2.66. The summed E-state index contributed by atoms with van der Waals surface area (Å²) in [4.78, 5) is 3.69. The second kappa shape index (κ2) is 2.39. The molecule has 0 radical (unpaired) electrons. The van der Waals surface area contributed by atoms with Gasteiger partial charge in [0.25, 0.3) is 11.9 Å². The lowest BCUT2D eigenvalue weighted by Crippen LogP contribution is -1.91. The molecule has 0 bridgehead atoms. The number of hydrogen-bond donors (Lipinski definition) is 1. The lowest BCUT2D eigenvalue weighted by Gasteiger charge is -1.91. The number of aromatic nitrogens is 1. The normalized spacial score (nSPS) is 9.44. The molecule has 1 aromatic heterocycles. The first-order valence-corrected chi connectivity index (χ1v) is 2.66. The van der Waals surface area contributed by atoms with Gasteiger partial charge in [0, 0.05) is 0 Å². The lowest BCUT2D eigenvalue weighted by molar-refractivity contribution is 0.325. The molecule has 0 amide bonds. The summed E-state index contributed by atoms with van der Waals surface area (Å²) >= 11 is 0. The van der Waals surface area contributed by atoms with E-state index in [9.17, 15) is 0 Å². The van der Waals surface area contributed by atoms with Crippen LogP contribution < -0.4 is 10.5 Å². The van der Waals surface area contributed by atoms with E-state index in [0.717, 1.165) is 0 Å². The van der Waals surface area contributed by atoms with Gasteiger partial charge in [0.05, 0.1) is 6.61 Å². The molecule has 1 aromatic rings. The van der Waals surface area contributed by atoms with Crippen molar-refractivity contribution in [2.45, 2.75) is 6.92 Å². The van der Waals surface area contributed by atoms with Gasteiger partial charge in [0.2, 0.25) is 0 Å². The van der Waals surface area contributed by atoms with Crippen LogP contribution in [0.5, 0.6) is 5.88 Å². The molecule has 0 aliphatic carbocycles. The predicted octanol–water partition coefficient (Wildman–Crippen LogP) is 0.656. The molecule has 0 atom stereocenters. The van der Waals surface area contributed by atoms with Gasteiger partial charge in [-0.05, 0) is 6.92 Å². The summed E-state index contributed by atoms with van der Waals surface area (Å²) < 4.78 is 9.60. The topological polar surface area (TPSA) is 61.3 Å². The highest BCUT2D eigenvalue weighted by Gasteiger charge is 1.96. The predicted molar refractivity (Wildman–Crippen MR) is 32.1 cm³/mol. The monoisotopic (exact) mass is 128 g/mol. The van der Waals surface area contributed by atoms with Gasteiger partial charge in [-0.25, -0.2) is 0 Å². The second-order valence-electron chi connectivity index (χ2n) is 1.46. The molecule has 50 valence electrons. The molecule has 0 aromatic carbocycles. The summed E-state index contributed by atoms with van der Waals surface area (Å²) in [6.45, 7) is 2.44. The molecule has 0 fully saturated rings. The number of ether oxygens (including phenoxy) is 1. The Bertz CT molecular complexity index is 185. The average molecular weight is 128 g/mol. The zero-order chi connectivity index (χ0) is 6.69. The van der Waals surface area contributed by atoms with E-state index in [1.165, 1.54) is 6.26 Å². The molecule has 0 saturated carbocycles. The van der Waals surface area contributed by atoms with Crippen LogP contribution in [-0.2, 0) is 0 Å². The van der Waals surface area contributed by atoms with Crippen molar-refractivity contribution in [2.24, 2.45) is 0 Å². The fraction of sp³-hybridized carbons (Fsp3) is 0.400. The summed E-state index contributed by atoms with van der Waals surface area (Å²) in [7, 11) is 0. The van der Waals surface area contributed by atoms with Crippen LogP contribution in [0.3, 0.4) is 0 Å². The zero-order valence-electron chi connectivity index (χ0n) is 5.13. The van der Waals surface area contributed by atoms with E-state index < -0.39 is 0 Å². The third-order valence-electron chi connectivity index (χ3n) is 0.793. The fourth-order valence-corrected chi connectivity index (χ4v) is 0.486. The molecule has 4 nitrogen and oxygen atoms in total. The molecule has 1 rings (SSSR count). The van der Waals surface area contributed by atoms with Crippen LogP contribution in [-0.4, -0.2) is 11.6 Å². The Balaban J connectivity index is 2.61. The molecule has 4 heteroatoms. The molecular formula is C5H8N2O2. The molecular weight excluding hydrogens is 120 g/mol. The van der Waals surface area contributed by atoms with E-state index in [1.807, 2.05) is 6.92 Å². The Labute approximate surface area is 52.6 Å². The number of hydrogen-bond acceptors (Lipinski definition) is 4. The standard InChI is InChI=1S/C5H8N2O2/c1-2-8-4-3-9-5(6)7-4/h3H,2H2,1H3,(H2,6,7). The Hall–Kier alpha value is -1.19. The van der Waals surface area contributed by atoms with Gasteiger partial charge in [-0.2, -0.15) is 4.98 Å². The molecule has 0 spiro atoms. The third-order valence-corrected chi connectivity index (χ3v) is 0.793. The fourth-order valence-electron chi connectivity index (χ4n) is 0.486. The maximum atomic E-state index is 5.15. The Morgan fingerprint density at radius 3 is 3.11 bits per heavy atom. The average Bonchev–Trinajstić information content (AvgIpc) is 2.17.